The van der Waals surface area contributed by atoms with Crippen molar-refractivity contribution in [2.45, 2.75) is 51.9 Å². The number of anilines is 1. The first-order chi connectivity index (χ1) is 13.7. The summed E-state index contributed by atoms with van der Waals surface area (Å²) in [5.74, 6) is 2.29. The lowest BCUT2D eigenvalue weighted by molar-refractivity contribution is 0.446. The summed E-state index contributed by atoms with van der Waals surface area (Å²) >= 11 is 0. The summed E-state index contributed by atoms with van der Waals surface area (Å²) in [5.41, 5.74) is 8.71. The summed E-state index contributed by atoms with van der Waals surface area (Å²) in [5, 5.41) is 2.71. The molecule has 144 valence electrons. The minimum atomic E-state index is 1.07. The largest absolute Gasteiger partial charge is 0.455 e. The van der Waals surface area contributed by atoms with Crippen molar-refractivity contribution in [3.63, 3.8) is 0 Å². The van der Waals surface area contributed by atoms with Gasteiger partial charge < -0.3 is 9.64 Å². The summed E-state index contributed by atoms with van der Waals surface area (Å²) in [6.45, 7) is 5.84. The van der Waals surface area contributed by atoms with Crippen molar-refractivity contribution in [1.29, 1.82) is 0 Å². The van der Waals surface area contributed by atoms with Gasteiger partial charge in [0.25, 0.3) is 0 Å². The minimum Gasteiger partial charge on any atom is -0.455 e. The Bertz CT molecular complexity index is 1130. The molecular formula is C25H29N2O+. The van der Waals surface area contributed by atoms with Gasteiger partial charge in [-0.2, -0.15) is 0 Å². The smallest absolute Gasteiger partial charge is 0.209 e. The van der Waals surface area contributed by atoms with Gasteiger partial charge >= 0.3 is 0 Å². The molecule has 0 saturated carbocycles. The average Bonchev–Trinajstić information content (AvgIpc) is 2.72. The van der Waals surface area contributed by atoms with Crippen molar-refractivity contribution in [3.05, 3.63) is 50.5 Å². The Morgan fingerprint density at radius 1 is 1.00 bits per heavy atom. The first kappa shape index (κ1) is 16.6. The van der Waals surface area contributed by atoms with E-state index < -0.39 is 0 Å². The molecule has 0 fully saturated rings. The molecular weight excluding hydrogens is 344 g/mol. The number of ether oxygens (including phenoxy) is 1. The van der Waals surface area contributed by atoms with Gasteiger partial charge in [-0.1, -0.05) is 6.92 Å². The SMILES string of the molecule is CCc1cc2c(c3c1=[N+](C)CCC3)Oc1c(cc3c4c1CCCN4CCC3)C=2. The van der Waals surface area contributed by atoms with Crippen LogP contribution in [0, 0.1) is 0 Å². The van der Waals surface area contributed by atoms with E-state index in [1.807, 2.05) is 0 Å². The third-order valence-corrected chi connectivity index (χ3v) is 7.16. The van der Waals surface area contributed by atoms with Gasteiger partial charge in [0.15, 0.2) is 0 Å². The first-order valence-electron chi connectivity index (χ1n) is 11.1. The minimum absolute atomic E-state index is 1.07. The van der Waals surface area contributed by atoms with E-state index in [1.165, 1.54) is 82.9 Å². The van der Waals surface area contributed by atoms with E-state index in [9.17, 15) is 0 Å². The zero-order valence-corrected chi connectivity index (χ0v) is 17.1. The van der Waals surface area contributed by atoms with Gasteiger partial charge in [0.1, 0.15) is 25.1 Å². The highest BCUT2D eigenvalue weighted by Gasteiger charge is 2.31. The third-order valence-electron chi connectivity index (χ3n) is 7.16. The Balaban J connectivity index is 1.64. The summed E-state index contributed by atoms with van der Waals surface area (Å²) in [7, 11) is 2.24. The molecule has 3 nitrogen and oxygen atoms in total. The van der Waals surface area contributed by atoms with Crippen molar-refractivity contribution in [2.24, 2.45) is 0 Å². The normalized spacial score (nSPS) is 19.1. The molecule has 0 amide bonds. The Morgan fingerprint density at radius 2 is 1.82 bits per heavy atom. The molecule has 0 aromatic heterocycles. The van der Waals surface area contributed by atoms with Crippen LogP contribution >= 0.6 is 0 Å². The van der Waals surface area contributed by atoms with E-state index in [2.05, 4.69) is 41.7 Å². The standard InChI is InChI=1S/C25H29N2O/c1-3-16-13-18-15-19-14-17-7-4-11-27-12-6-9-21(23(17)27)25(19)28-24(18)20-8-5-10-26(2)22(16)20/h13-15H,3-12H2,1-2H3/q+1. The number of nitrogens with zero attached hydrogens (tertiary/aromatic N) is 2. The second-order valence-electron chi connectivity index (χ2n) is 8.88. The maximum absolute atomic E-state index is 6.81. The Labute approximate surface area is 166 Å². The van der Waals surface area contributed by atoms with E-state index >= 15 is 0 Å². The van der Waals surface area contributed by atoms with Crippen LogP contribution in [-0.4, -0.2) is 26.7 Å². The highest BCUT2D eigenvalue weighted by atomic mass is 16.5. The van der Waals surface area contributed by atoms with Gasteiger partial charge in [0, 0.05) is 47.1 Å². The van der Waals surface area contributed by atoms with Crippen LogP contribution in [0.1, 0.15) is 54.0 Å². The number of benzene rings is 2. The molecule has 0 atom stereocenters. The topological polar surface area (TPSA) is 15.5 Å². The Morgan fingerprint density at radius 3 is 2.68 bits per heavy atom. The zero-order valence-electron chi connectivity index (χ0n) is 17.1. The number of aryl methyl sites for hydroxylation is 2. The van der Waals surface area contributed by atoms with E-state index in [1.54, 1.807) is 0 Å². The monoisotopic (exact) mass is 373 g/mol. The lowest BCUT2D eigenvalue weighted by Gasteiger charge is -2.38. The molecule has 0 aliphatic carbocycles. The number of rotatable bonds is 1. The summed E-state index contributed by atoms with van der Waals surface area (Å²) < 4.78 is 9.25. The molecule has 0 saturated heterocycles. The Kier molecular flexibility index (Phi) is 3.63. The second kappa shape index (κ2) is 6.10. The van der Waals surface area contributed by atoms with Gasteiger partial charge in [0.2, 0.25) is 5.36 Å². The van der Waals surface area contributed by atoms with Crippen molar-refractivity contribution in [3.8, 4) is 11.5 Å². The van der Waals surface area contributed by atoms with Crippen LogP contribution in [0.15, 0.2) is 12.1 Å². The lowest BCUT2D eigenvalue weighted by Crippen LogP contribution is -2.39. The van der Waals surface area contributed by atoms with Crippen LogP contribution in [-0.2, 0) is 25.7 Å². The Hall–Kier alpha value is -2.29. The average molecular weight is 374 g/mol. The van der Waals surface area contributed by atoms with Crippen LogP contribution < -0.4 is 24.8 Å². The number of hydrogen-bond acceptors (Lipinski definition) is 2. The molecule has 2 aromatic carbocycles. The van der Waals surface area contributed by atoms with Crippen LogP contribution in [0.5, 0.6) is 11.5 Å². The summed E-state index contributed by atoms with van der Waals surface area (Å²) in [4.78, 5) is 2.61. The second-order valence-corrected chi connectivity index (χ2v) is 8.88. The van der Waals surface area contributed by atoms with Gasteiger partial charge in [-0.25, -0.2) is 4.58 Å². The van der Waals surface area contributed by atoms with Crippen molar-refractivity contribution < 1.29 is 4.74 Å². The molecule has 6 rings (SSSR count). The molecule has 0 bridgehead atoms. The maximum Gasteiger partial charge on any atom is 0.209 e. The maximum atomic E-state index is 6.81. The van der Waals surface area contributed by atoms with Crippen LogP contribution in [0.3, 0.4) is 0 Å². The highest BCUT2D eigenvalue weighted by molar-refractivity contribution is 5.76. The molecule has 0 unspecified atom stereocenters. The van der Waals surface area contributed by atoms with Gasteiger partial charge in [0.05, 0.1) is 5.56 Å². The number of fused-ring (bicyclic) bond motifs is 5. The van der Waals surface area contributed by atoms with Gasteiger partial charge in [-0.15, -0.1) is 0 Å². The van der Waals surface area contributed by atoms with Crippen molar-refractivity contribution in [1.82, 2.24) is 4.58 Å². The molecule has 4 heterocycles. The predicted octanol–water partition coefficient (Wildman–Crippen LogP) is 2.95. The fourth-order valence-corrected chi connectivity index (χ4v) is 5.96. The summed E-state index contributed by atoms with van der Waals surface area (Å²) in [6, 6.07) is 4.81. The quantitative estimate of drug-likeness (QED) is 0.610. The molecule has 4 aliphatic rings. The third kappa shape index (κ3) is 2.25. The van der Waals surface area contributed by atoms with Crippen LogP contribution in [0.2, 0.25) is 0 Å². The number of hydrogen-bond donors (Lipinski definition) is 0. The van der Waals surface area contributed by atoms with E-state index in [4.69, 9.17) is 4.74 Å². The van der Waals surface area contributed by atoms with Crippen molar-refractivity contribution in [2.75, 3.05) is 31.6 Å². The molecule has 4 aliphatic heterocycles. The van der Waals surface area contributed by atoms with E-state index in [-0.39, 0.29) is 0 Å². The van der Waals surface area contributed by atoms with Crippen molar-refractivity contribution >= 4 is 11.8 Å². The molecule has 2 aromatic rings. The molecule has 0 radical (unpaired) electrons. The van der Waals surface area contributed by atoms with Gasteiger partial charge in [-0.05, 0) is 62.3 Å². The molecule has 0 spiro atoms. The zero-order chi connectivity index (χ0) is 18.8. The first-order valence-corrected chi connectivity index (χ1v) is 11.1. The fourth-order valence-electron chi connectivity index (χ4n) is 5.96. The molecule has 3 heteroatoms. The molecule has 0 N–H and O–H groups in total. The lowest BCUT2D eigenvalue weighted by atomic mass is 9.87. The van der Waals surface area contributed by atoms with Gasteiger partial charge in [-0.3, -0.25) is 0 Å². The summed E-state index contributed by atoms with van der Waals surface area (Å²) in [6.07, 6.45) is 10.7. The fraction of sp³-hybridized carbons (Fsp3) is 0.480. The van der Waals surface area contributed by atoms with E-state index in [0.717, 1.165) is 37.3 Å². The highest BCUT2D eigenvalue weighted by Crippen LogP contribution is 2.45. The van der Waals surface area contributed by atoms with Crippen LogP contribution in [0.4, 0.5) is 5.69 Å². The van der Waals surface area contributed by atoms with E-state index in [0.29, 0.717) is 0 Å². The molecule has 28 heavy (non-hydrogen) atoms. The van der Waals surface area contributed by atoms with Crippen LogP contribution in [0.25, 0.3) is 6.08 Å². The predicted molar refractivity (Wildman–Crippen MR) is 114 cm³/mol.